The zero-order valence-corrected chi connectivity index (χ0v) is 20.2. The van der Waals surface area contributed by atoms with Crippen molar-refractivity contribution in [1.29, 1.82) is 0 Å². The highest BCUT2D eigenvalue weighted by atomic mass is 16.8. The number of rotatable bonds is 3. The van der Waals surface area contributed by atoms with E-state index in [-0.39, 0.29) is 18.2 Å². The van der Waals surface area contributed by atoms with E-state index in [2.05, 4.69) is 4.74 Å². The summed E-state index contributed by atoms with van der Waals surface area (Å²) < 4.78 is 34.6. The summed E-state index contributed by atoms with van der Waals surface area (Å²) in [4.78, 5) is 22.9. The van der Waals surface area contributed by atoms with Crippen molar-refractivity contribution in [2.75, 3.05) is 13.2 Å². The van der Waals surface area contributed by atoms with Gasteiger partial charge in [0.2, 0.25) is 0 Å². The Kier molecular flexibility index (Phi) is 7.59. The molecule has 0 radical (unpaired) electrons. The van der Waals surface area contributed by atoms with Gasteiger partial charge in [0.15, 0.2) is 36.0 Å². The van der Waals surface area contributed by atoms with Gasteiger partial charge >= 0.3 is 11.9 Å². The molecule has 6 rings (SSSR count). The fourth-order valence-electron chi connectivity index (χ4n) is 6.03. The molecule has 0 aromatic heterocycles. The van der Waals surface area contributed by atoms with Crippen molar-refractivity contribution >= 4 is 11.9 Å². The van der Waals surface area contributed by atoms with Crippen LogP contribution in [-0.2, 0) is 38.0 Å². The van der Waals surface area contributed by atoms with Gasteiger partial charge in [-0.2, -0.15) is 0 Å². The number of esters is 2. The fourth-order valence-corrected chi connectivity index (χ4v) is 6.03. The van der Waals surface area contributed by atoms with E-state index in [1.807, 2.05) is 0 Å². The number of fused-ring (bicyclic) bond motifs is 1. The predicted molar refractivity (Wildman–Crippen MR) is 117 cm³/mol. The first kappa shape index (κ1) is 26.2. The van der Waals surface area contributed by atoms with Crippen LogP contribution in [0.15, 0.2) is 0 Å². The fraction of sp³-hybridized carbons (Fsp3) is 0.917. The van der Waals surface area contributed by atoms with Crippen LogP contribution in [0.1, 0.15) is 64.2 Å². The number of ether oxygens (including phenoxy) is 6. The zero-order chi connectivity index (χ0) is 25.5. The second kappa shape index (κ2) is 10.4. The van der Waals surface area contributed by atoms with Crippen molar-refractivity contribution in [3.05, 3.63) is 0 Å². The first-order chi connectivity index (χ1) is 17.3. The lowest BCUT2D eigenvalue weighted by atomic mass is 9.94. The van der Waals surface area contributed by atoms with E-state index in [4.69, 9.17) is 44.1 Å². The van der Waals surface area contributed by atoms with Crippen LogP contribution < -0.4 is 0 Å². The average Bonchev–Trinajstić information content (AvgIpc) is 3.60. The van der Waals surface area contributed by atoms with Crippen LogP contribution in [0.4, 0.5) is 0 Å². The van der Waals surface area contributed by atoms with Crippen LogP contribution in [0.2, 0.25) is 0 Å². The molecule has 2 saturated carbocycles. The Morgan fingerprint density at radius 3 is 2.03 bits per heavy atom. The maximum atomic E-state index is 12.3. The van der Waals surface area contributed by atoms with Crippen LogP contribution in [0.25, 0.3) is 0 Å². The standard InChI is InChI=1S/C18H26O6.C6H10O6/c19-16-15-14(23-18(24-15)9-5-2-6-10-18)13(21-16)12-11-20-17(22-12)7-3-1-4-8-17;7-1-2(8)5-3(9)4(10)6(11)12-5/h12-15H,1-11H2;2-5,7-10H,1H2/t12-,13+,14?,15-;2-,3+,4-,5+/m11/s1. The Hall–Kier alpha value is -1.38. The van der Waals surface area contributed by atoms with Gasteiger partial charge in [0.25, 0.3) is 0 Å². The minimum absolute atomic E-state index is 0.246. The number of aliphatic hydroxyl groups is 4. The molecular weight excluding hydrogens is 480 g/mol. The molecule has 0 aromatic carbocycles. The van der Waals surface area contributed by atoms with Crippen LogP contribution in [0.3, 0.4) is 0 Å². The molecule has 0 aromatic rings. The number of hydrogen-bond donors (Lipinski definition) is 4. The summed E-state index contributed by atoms with van der Waals surface area (Å²) in [5, 5.41) is 35.3. The maximum absolute atomic E-state index is 12.3. The SMILES string of the molecule is O=C1O[C@@H]([C@H](O)CO)[C@@H](O)[C@H]1O.O=C1O[C@@H]([C@H]2COC3(CCCCC3)O2)C2OC3(CCCCC3)O[C@@H]12. The van der Waals surface area contributed by atoms with E-state index in [1.165, 1.54) is 12.8 Å². The minimum atomic E-state index is -1.63. The topological polar surface area (TPSA) is 170 Å². The normalized spacial score (nSPS) is 41.5. The molecule has 4 saturated heterocycles. The lowest BCUT2D eigenvalue weighted by molar-refractivity contribution is -0.230. The lowest BCUT2D eigenvalue weighted by Gasteiger charge is -2.34. The first-order valence-electron chi connectivity index (χ1n) is 13.0. The highest BCUT2D eigenvalue weighted by molar-refractivity contribution is 5.79. The average molecular weight is 517 g/mol. The lowest BCUT2D eigenvalue weighted by Crippen LogP contribution is -2.43. The zero-order valence-electron chi connectivity index (χ0n) is 20.2. The Labute approximate surface area is 208 Å². The molecule has 4 heterocycles. The van der Waals surface area contributed by atoms with Crippen molar-refractivity contribution in [2.24, 2.45) is 0 Å². The highest BCUT2D eigenvalue weighted by Gasteiger charge is 2.62. The van der Waals surface area contributed by atoms with Crippen LogP contribution in [-0.4, -0.2) is 106 Å². The molecule has 1 unspecified atom stereocenters. The van der Waals surface area contributed by atoms with Crippen LogP contribution in [0, 0.1) is 0 Å². The molecule has 12 nitrogen and oxygen atoms in total. The van der Waals surface area contributed by atoms with Gasteiger partial charge in [0.05, 0.1) is 13.2 Å². The molecule has 204 valence electrons. The number of cyclic esters (lactones) is 2. The van der Waals surface area contributed by atoms with E-state index in [1.54, 1.807) is 0 Å². The molecule has 4 N–H and O–H groups in total. The summed E-state index contributed by atoms with van der Waals surface area (Å²) in [7, 11) is 0. The monoisotopic (exact) mass is 516 g/mol. The van der Waals surface area contributed by atoms with Gasteiger partial charge in [0.1, 0.15) is 24.4 Å². The molecule has 6 aliphatic rings. The summed E-state index contributed by atoms with van der Waals surface area (Å²) in [5.41, 5.74) is 0. The molecule has 6 fully saturated rings. The number of aliphatic hydroxyl groups excluding tert-OH is 4. The third-order valence-corrected chi connectivity index (χ3v) is 7.99. The smallest absolute Gasteiger partial charge is 0.338 e. The van der Waals surface area contributed by atoms with Gasteiger partial charge < -0.3 is 48.8 Å². The molecule has 2 spiro atoms. The van der Waals surface area contributed by atoms with Crippen LogP contribution >= 0.6 is 0 Å². The number of carbonyl (C=O) groups is 2. The van der Waals surface area contributed by atoms with E-state index in [0.29, 0.717) is 6.61 Å². The second-order valence-electron chi connectivity index (χ2n) is 10.5. The van der Waals surface area contributed by atoms with Crippen molar-refractivity contribution in [2.45, 2.75) is 125 Å². The minimum Gasteiger partial charge on any atom is -0.455 e. The van der Waals surface area contributed by atoms with Crippen molar-refractivity contribution in [3.63, 3.8) is 0 Å². The van der Waals surface area contributed by atoms with Gasteiger partial charge in [-0.25, -0.2) is 9.59 Å². The van der Waals surface area contributed by atoms with Gasteiger partial charge in [-0.1, -0.05) is 12.8 Å². The van der Waals surface area contributed by atoms with E-state index in [0.717, 1.165) is 51.4 Å². The second-order valence-corrected chi connectivity index (χ2v) is 10.5. The van der Waals surface area contributed by atoms with Crippen molar-refractivity contribution < 1.29 is 58.4 Å². The third-order valence-electron chi connectivity index (χ3n) is 7.99. The molecule has 2 aliphatic carbocycles. The Bertz CT molecular complexity index is 807. The van der Waals surface area contributed by atoms with Gasteiger partial charge in [-0.3, -0.25) is 0 Å². The Morgan fingerprint density at radius 1 is 0.806 bits per heavy atom. The molecule has 0 bridgehead atoms. The molecule has 8 atom stereocenters. The summed E-state index contributed by atoms with van der Waals surface area (Å²) in [6.45, 7) is -0.167. The van der Waals surface area contributed by atoms with Gasteiger partial charge in [-0.15, -0.1) is 0 Å². The summed E-state index contributed by atoms with van der Waals surface area (Å²) in [6.07, 6.45) is 3.17. The quantitative estimate of drug-likeness (QED) is 0.352. The van der Waals surface area contributed by atoms with E-state index >= 15 is 0 Å². The van der Waals surface area contributed by atoms with Gasteiger partial charge in [-0.05, 0) is 25.7 Å². The predicted octanol–water partition coefficient (Wildman–Crippen LogP) is -0.581. The van der Waals surface area contributed by atoms with Gasteiger partial charge in [0, 0.05) is 25.7 Å². The summed E-state index contributed by atoms with van der Waals surface area (Å²) in [6, 6.07) is 0. The summed E-state index contributed by atoms with van der Waals surface area (Å²) >= 11 is 0. The largest absolute Gasteiger partial charge is 0.455 e. The Morgan fingerprint density at radius 2 is 1.44 bits per heavy atom. The molecule has 12 heteroatoms. The number of hydrogen-bond acceptors (Lipinski definition) is 12. The van der Waals surface area contributed by atoms with E-state index in [9.17, 15) is 9.59 Å². The maximum Gasteiger partial charge on any atom is 0.338 e. The molecular formula is C24H36O12. The third kappa shape index (κ3) is 4.90. The summed E-state index contributed by atoms with van der Waals surface area (Å²) in [5.74, 6) is -2.33. The first-order valence-corrected chi connectivity index (χ1v) is 13.0. The highest BCUT2D eigenvalue weighted by Crippen LogP contribution is 2.47. The Balaban J connectivity index is 0.000000189. The number of carbonyl (C=O) groups excluding carboxylic acids is 2. The molecule has 0 amide bonds. The van der Waals surface area contributed by atoms with E-state index < -0.39 is 60.8 Å². The van der Waals surface area contributed by atoms with Crippen LogP contribution in [0.5, 0.6) is 0 Å². The van der Waals surface area contributed by atoms with Crippen molar-refractivity contribution in [3.8, 4) is 0 Å². The molecule has 4 aliphatic heterocycles. The molecule has 36 heavy (non-hydrogen) atoms. The van der Waals surface area contributed by atoms with Crippen molar-refractivity contribution in [1.82, 2.24) is 0 Å².